The number of amides is 1. The Morgan fingerprint density at radius 2 is 1.91 bits per heavy atom. The lowest BCUT2D eigenvalue weighted by atomic mass is 9.84. The summed E-state index contributed by atoms with van der Waals surface area (Å²) < 4.78 is 3.71. The quantitative estimate of drug-likeness (QED) is 0.485. The second-order valence-corrected chi connectivity index (χ2v) is 9.85. The van der Waals surface area contributed by atoms with Crippen LogP contribution in [0.4, 0.5) is 5.95 Å². The number of nitrogens with one attached hydrogen (secondary N) is 1. The molecule has 0 bridgehead atoms. The standard InChI is InChI=1S/C25H29N7O2/c1-25(34)9-6-18(7-10-25)28-24-27-14-20-19(8-13-32(20)29-24)17-4-5-22-26-15-21(31(22)16-17)23(33)30-11-2-3-12-30/h4-5,8,13-16,18,34H,2-3,6-7,9-12H2,1H3,(H,28,29). The predicted molar refractivity (Wildman–Crippen MR) is 129 cm³/mol. The summed E-state index contributed by atoms with van der Waals surface area (Å²) in [4.78, 5) is 23.9. The highest BCUT2D eigenvalue weighted by Gasteiger charge is 2.29. The topological polar surface area (TPSA) is 100 Å². The van der Waals surface area contributed by atoms with Crippen molar-refractivity contribution in [3.63, 3.8) is 0 Å². The molecule has 0 unspecified atom stereocenters. The monoisotopic (exact) mass is 459 g/mol. The molecule has 6 rings (SSSR count). The zero-order chi connectivity index (χ0) is 23.3. The molecule has 1 saturated carbocycles. The summed E-state index contributed by atoms with van der Waals surface area (Å²) >= 11 is 0. The minimum absolute atomic E-state index is 0.0344. The number of hydrogen-bond donors (Lipinski definition) is 2. The summed E-state index contributed by atoms with van der Waals surface area (Å²) in [6.45, 7) is 3.52. The van der Waals surface area contributed by atoms with E-state index in [-0.39, 0.29) is 11.9 Å². The molecule has 2 aliphatic rings. The molecule has 5 heterocycles. The van der Waals surface area contributed by atoms with Gasteiger partial charge in [0.05, 0.1) is 23.5 Å². The van der Waals surface area contributed by atoms with Crippen LogP contribution in [-0.2, 0) is 0 Å². The number of anilines is 1. The summed E-state index contributed by atoms with van der Waals surface area (Å²) in [6.07, 6.45) is 12.9. The molecule has 1 saturated heterocycles. The summed E-state index contributed by atoms with van der Waals surface area (Å²) in [7, 11) is 0. The van der Waals surface area contributed by atoms with Gasteiger partial charge in [0, 0.05) is 42.7 Å². The van der Waals surface area contributed by atoms with Crippen molar-refractivity contribution in [1.29, 1.82) is 0 Å². The maximum Gasteiger partial charge on any atom is 0.272 e. The number of imidazole rings is 1. The molecule has 4 aromatic heterocycles. The average molecular weight is 460 g/mol. The van der Waals surface area contributed by atoms with Gasteiger partial charge in [-0.05, 0) is 63.6 Å². The van der Waals surface area contributed by atoms with Crippen molar-refractivity contribution in [1.82, 2.24) is 28.9 Å². The number of pyridine rings is 1. The molecule has 0 atom stereocenters. The summed E-state index contributed by atoms with van der Waals surface area (Å²) in [5, 5.41) is 18.2. The molecule has 0 aromatic carbocycles. The van der Waals surface area contributed by atoms with E-state index >= 15 is 0 Å². The molecule has 9 heteroatoms. The number of aromatic nitrogens is 5. The molecule has 1 aliphatic heterocycles. The SMILES string of the molecule is CC1(O)CCC(Nc2ncc3c(-c4ccc5ncc(C(=O)N6CCCC6)n5c4)ccn3n2)CC1. The Hall–Kier alpha value is -3.46. The molecule has 34 heavy (non-hydrogen) atoms. The van der Waals surface area contributed by atoms with Crippen LogP contribution >= 0.6 is 0 Å². The number of carbonyl (C=O) groups is 1. The van der Waals surface area contributed by atoms with Gasteiger partial charge in [-0.1, -0.05) is 0 Å². The Kier molecular flexibility index (Phi) is 5.02. The number of likely N-dealkylation sites (tertiary alicyclic amines) is 1. The van der Waals surface area contributed by atoms with E-state index in [0.29, 0.717) is 11.6 Å². The zero-order valence-electron chi connectivity index (χ0n) is 19.3. The molecule has 1 aliphatic carbocycles. The van der Waals surface area contributed by atoms with Crippen LogP contribution in [0, 0.1) is 0 Å². The first-order valence-corrected chi connectivity index (χ1v) is 12.1. The first-order chi connectivity index (χ1) is 16.5. The van der Waals surface area contributed by atoms with Gasteiger partial charge in [0.1, 0.15) is 11.3 Å². The van der Waals surface area contributed by atoms with Crippen LogP contribution in [0.25, 0.3) is 22.3 Å². The number of aliphatic hydroxyl groups is 1. The third kappa shape index (κ3) is 3.79. The molecule has 2 N–H and O–H groups in total. The zero-order valence-corrected chi connectivity index (χ0v) is 19.3. The van der Waals surface area contributed by atoms with Crippen LogP contribution in [0.3, 0.4) is 0 Å². The second-order valence-electron chi connectivity index (χ2n) is 9.85. The fraction of sp³-hybridized carbons (Fsp3) is 0.440. The van der Waals surface area contributed by atoms with E-state index in [0.717, 1.165) is 73.9 Å². The number of rotatable bonds is 4. The number of nitrogens with zero attached hydrogens (tertiary/aromatic N) is 6. The van der Waals surface area contributed by atoms with Gasteiger partial charge in [0.25, 0.3) is 5.91 Å². The number of hydrogen-bond acceptors (Lipinski definition) is 6. The Morgan fingerprint density at radius 1 is 1.12 bits per heavy atom. The molecular formula is C25H29N7O2. The molecule has 2 fully saturated rings. The van der Waals surface area contributed by atoms with Crippen LogP contribution in [0.15, 0.2) is 43.0 Å². The lowest BCUT2D eigenvalue weighted by Crippen LogP contribution is -2.36. The fourth-order valence-electron chi connectivity index (χ4n) is 5.16. The third-order valence-corrected chi connectivity index (χ3v) is 7.24. The molecular weight excluding hydrogens is 430 g/mol. The number of carbonyl (C=O) groups excluding carboxylic acids is 1. The van der Waals surface area contributed by atoms with Gasteiger partial charge >= 0.3 is 0 Å². The smallest absolute Gasteiger partial charge is 0.272 e. The minimum Gasteiger partial charge on any atom is -0.390 e. The van der Waals surface area contributed by atoms with Crippen LogP contribution < -0.4 is 5.32 Å². The first kappa shape index (κ1) is 21.1. The lowest BCUT2D eigenvalue weighted by Gasteiger charge is -2.33. The highest BCUT2D eigenvalue weighted by molar-refractivity contribution is 5.93. The van der Waals surface area contributed by atoms with Crippen molar-refractivity contribution >= 4 is 23.0 Å². The Bertz CT molecular complexity index is 1360. The highest BCUT2D eigenvalue weighted by atomic mass is 16.3. The van der Waals surface area contributed by atoms with Crippen LogP contribution in [0.2, 0.25) is 0 Å². The Labute approximate surface area is 197 Å². The van der Waals surface area contributed by atoms with Gasteiger partial charge in [0.2, 0.25) is 5.95 Å². The van der Waals surface area contributed by atoms with Crippen LogP contribution in [0.5, 0.6) is 0 Å². The maximum absolute atomic E-state index is 13.0. The normalized spacial score (nSPS) is 23.1. The molecule has 1 amide bonds. The third-order valence-electron chi connectivity index (χ3n) is 7.24. The van der Waals surface area contributed by atoms with E-state index in [1.54, 1.807) is 6.20 Å². The van der Waals surface area contributed by atoms with E-state index in [1.807, 2.05) is 57.5 Å². The summed E-state index contributed by atoms with van der Waals surface area (Å²) in [5.74, 6) is 0.622. The second kappa shape index (κ2) is 8.09. The Balaban J connectivity index is 1.27. The first-order valence-electron chi connectivity index (χ1n) is 12.1. The summed E-state index contributed by atoms with van der Waals surface area (Å²) in [5.41, 5.74) is 3.65. The van der Waals surface area contributed by atoms with Crippen molar-refractivity contribution in [2.24, 2.45) is 0 Å². The molecule has 176 valence electrons. The summed E-state index contributed by atoms with van der Waals surface area (Å²) in [6, 6.07) is 6.24. The van der Waals surface area contributed by atoms with Crippen molar-refractivity contribution in [2.75, 3.05) is 18.4 Å². The number of fused-ring (bicyclic) bond motifs is 2. The van der Waals surface area contributed by atoms with Crippen LogP contribution in [-0.4, -0.2) is 64.6 Å². The van der Waals surface area contributed by atoms with Crippen molar-refractivity contribution < 1.29 is 9.90 Å². The molecule has 4 aromatic rings. The average Bonchev–Trinajstić information content (AvgIpc) is 3.59. The van der Waals surface area contributed by atoms with Crippen molar-refractivity contribution in [3.8, 4) is 11.1 Å². The van der Waals surface area contributed by atoms with E-state index < -0.39 is 5.60 Å². The minimum atomic E-state index is -0.562. The van der Waals surface area contributed by atoms with Gasteiger partial charge in [-0.3, -0.25) is 9.20 Å². The van der Waals surface area contributed by atoms with Crippen LogP contribution in [0.1, 0.15) is 55.9 Å². The van der Waals surface area contributed by atoms with Gasteiger partial charge in [-0.15, -0.1) is 5.10 Å². The van der Waals surface area contributed by atoms with Gasteiger partial charge in [0.15, 0.2) is 0 Å². The van der Waals surface area contributed by atoms with E-state index in [2.05, 4.69) is 20.4 Å². The van der Waals surface area contributed by atoms with Crippen molar-refractivity contribution in [2.45, 2.75) is 57.1 Å². The largest absolute Gasteiger partial charge is 0.390 e. The lowest BCUT2D eigenvalue weighted by molar-refractivity contribution is 0.0195. The van der Waals surface area contributed by atoms with E-state index in [4.69, 9.17) is 0 Å². The van der Waals surface area contributed by atoms with Gasteiger partial charge in [-0.2, -0.15) is 0 Å². The molecule has 0 spiro atoms. The highest BCUT2D eigenvalue weighted by Crippen LogP contribution is 2.30. The predicted octanol–water partition coefficient (Wildman–Crippen LogP) is 3.39. The van der Waals surface area contributed by atoms with E-state index in [9.17, 15) is 9.90 Å². The van der Waals surface area contributed by atoms with Gasteiger partial charge in [-0.25, -0.2) is 14.5 Å². The Morgan fingerprint density at radius 3 is 2.71 bits per heavy atom. The maximum atomic E-state index is 13.0. The van der Waals surface area contributed by atoms with E-state index in [1.165, 1.54) is 0 Å². The van der Waals surface area contributed by atoms with Gasteiger partial charge < -0.3 is 15.3 Å². The van der Waals surface area contributed by atoms with Crippen molar-refractivity contribution in [3.05, 3.63) is 48.7 Å². The fourth-order valence-corrected chi connectivity index (χ4v) is 5.16. The molecule has 9 nitrogen and oxygen atoms in total. The molecule has 0 radical (unpaired) electrons.